The van der Waals surface area contributed by atoms with E-state index in [0.29, 0.717) is 18.1 Å². The van der Waals surface area contributed by atoms with Crippen molar-refractivity contribution in [3.8, 4) is 0 Å². The molecule has 0 radical (unpaired) electrons. The number of anilines is 2. The van der Waals surface area contributed by atoms with E-state index in [2.05, 4.69) is 0 Å². The molecule has 1 aromatic heterocycles. The van der Waals surface area contributed by atoms with Gasteiger partial charge < -0.3 is 14.4 Å². The first-order valence-corrected chi connectivity index (χ1v) is 10.8. The summed E-state index contributed by atoms with van der Waals surface area (Å²) in [6, 6.07) is 23.2. The summed E-state index contributed by atoms with van der Waals surface area (Å²) in [6.45, 7) is 0.486. The average molecular weight is 442 g/mol. The van der Waals surface area contributed by atoms with Gasteiger partial charge in [0.15, 0.2) is 0 Å². The summed E-state index contributed by atoms with van der Waals surface area (Å²) in [4.78, 5) is 34.0. The standard InChI is InChI=1S/C26H23FN4O2/c1-29(20-9-3-2-4-10-20)25(33)17-31-23-13-6-5-12-22(23)28-26(31)18-14-24(32)30(16-18)21-11-7-8-19(27)15-21/h2-13,15,18H,14,16-17H2,1H3. The van der Waals surface area contributed by atoms with Crippen molar-refractivity contribution in [3.63, 3.8) is 0 Å². The Labute approximate surface area is 190 Å². The summed E-state index contributed by atoms with van der Waals surface area (Å²) in [5.41, 5.74) is 2.96. The third-order valence-electron chi connectivity index (χ3n) is 6.11. The van der Waals surface area contributed by atoms with E-state index < -0.39 is 0 Å². The molecule has 3 aromatic carbocycles. The number of nitrogens with zero attached hydrogens (tertiary/aromatic N) is 4. The highest BCUT2D eigenvalue weighted by atomic mass is 19.1. The van der Waals surface area contributed by atoms with Gasteiger partial charge in [-0.2, -0.15) is 0 Å². The van der Waals surface area contributed by atoms with Gasteiger partial charge in [0.2, 0.25) is 11.8 Å². The zero-order valence-electron chi connectivity index (χ0n) is 18.2. The molecule has 1 atom stereocenters. The highest BCUT2D eigenvalue weighted by Gasteiger charge is 2.35. The van der Waals surface area contributed by atoms with Gasteiger partial charge in [-0.1, -0.05) is 36.4 Å². The van der Waals surface area contributed by atoms with Crippen molar-refractivity contribution in [3.05, 3.63) is 90.5 Å². The molecule has 7 heteroatoms. The molecule has 1 unspecified atom stereocenters. The number of carbonyl (C=O) groups excluding carboxylic acids is 2. The Hall–Kier alpha value is -4.00. The van der Waals surface area contributed by atoms with Crippen LogP contribution in [0.2, 0.25) is 0 Å². The van der Waals surface area contributed by atoms with Gasteiger partial charge >= 0.3 is 0 Å². The predicted molar refractivity (Wildman–Crippen MR) is 126 cm³/mol. The van der Waals surface area contributed by atoms with Gasteiger partial charge in [0.25, 0.3) is 0 Å². The highest BCUT2D eigenvalue weighted by molar-refractivity contribution is 5.97. The molecule has 1 saturated heterocycles. The number of amides is 2. The zero-order valence-corrected chi connectivity index (χ0v) is 18.2. The van der Waals surface area contributed by atoms with E-state index in [1.54, 1.807) is 29.0 Å². The number of para-hydroxylation sites is 3. The van der Waals surface area contributed by atoms with E-state index in [1.165, 1.54) is 12.1 Å². The third kappa shape index (κ3) is 3.98. The van der Waals surface area contributed by atoms with E-state index >= 15 is 0 Å². The molecule has 5 rings (SSSR count). The van der Waals surface area contributed by atoms with Crippen LogP contribution in [0.15, 0.2) is 78.9 Å². The van der Waals surface area contributed by atoms with Gasteiger partial charge in [-0.15, -0.1) is 0 Å². The van der Waals surface area contributed by atoms with Crippen molar-refractivity contribution in [2.24, 2.45) is 0 Å². The van der Waals surface area contributed by atoms with Crippen molar-refractivity contribution < 1.29 is 14.0 Å². The molecule has 0 spiro atoms. The smallest absolute Gasteiger partial charge is 0.246 e. The lowest BCUT2D eigenvalue weighted by atomic mass is 10.1. The molecule has 2 amide bonds. The Morgan fingerprint density at radius 2 is 1.82 bits per heavy atom. The third-order valence-corrected chi connectivity index (χ3v) is 6.11. The van der Waals surface area contributed by atoms with Gasteiger partial charge in [-0.3, -0.25) is 9.59 Å². The molecule has 4 aromatic rings. The number of hydrogen-bond donors (Lipinski definition) is 0. The predicted octanol–water partition coefficient (Wildman–Crippen LogP) is 4.36. The van der Waals surface area contributed by atoms with Crippen molar-refractivity contribution >= 4 is 34.2 Å². The van der Waals surface area contributed by atoms with Gasteiger partial charge in [0.1, 0.15) is 18.2 Å². The number of halogens is 1. The Morgan fingerprint density at radius 1 is 1.06 bits per heavy atom. The van der Waals surface area contributed by atoms with Gasteiger partial charge in [-0.05, 0) is 42.5 Å². The van der Waals surface area contributed by atoms with Crippen LogP contribution in [0.1, 0.15) is 18.2 Å². The van der Waals surface area contributed by atoms with Crippen LogP contribution in [-0.2, 0) is 16.1 Å². The number of rotatable bonds is 5. The van der Waals surface area contributed by atoms with E-state index in [4.69, 9.17) is 4.98 Å². The lowest BCUT2D eigenvalue weighted by Crippen LogP contribution is -2.31. The number of hydrogen-bond acceptors (Lipinski definition) is 3. The summed E-state index contributed by atoms with van der Waals surface area (Å²) < 4.78 is 15.6. The van der Waals surface area contributed by atoms with Gasteiger partial charge in [0.05, 0.1) is 11.0 Å². The Bertz CT molecular complexity index is 1330. The minimum absolute atomic E-state index is 0.0862. The molecule has 0 N–H and O–H groups in total. The van der Waals surface area contributed by atoms with Crippen LogP contribution in [-0.4, -0.2) is 35.0 Å². The van der Waals surface area contributed by atoms with Crippen LogP contribution >= 0.6 is 0 Å². The van der Waals surface area contributed by atoms with Crippen LogP contribution in [0.3, 0.4) is 0 Å². The number of imidazole rings is 1. The average Bonchev–Trinajstić information content (AvgIpc) is 3.39. The maximum Gasteiger partial charge on any atom is 0.246 e. The first-order valence-electron chi connectivity index (χ1n) is 10.8. The number of aromatic nitrogens is 2. The van der Waals surface area contributed by atoms with Gasteiger partial charge in [-0.25, -0.2) is 9.37 Å². The fourth-order valence-corrected chi connectivity index (χ4v) is 4.38. The van der Waals surface area contributed by atoms with Crippen LogP contribution < -0.4 is 9.80 Å². The SMILES string of the molecule is CN(C(=O)Cn1c(C2CC(=O)N(c3cccc(F)c3)C2)nc2ccccc21)c1ccccc1. The topological polar surface area (TPSA) is 58.4 Å². The molecule has 33 heavy (non-hydrogen) atoms. The fraction of sp³-hybridized carbons (Fsp3) is 0.192. The van der Waals surface area contributed by atoms with E-state index in [-0.39, 0.29) is 36.5 Å². The molecule has 0 bridgehead atoms. The van der Waals surface area contributed by atoms with Crippen LogP contribution in [0.5, 0.6) is 0 Å². The molecular weight excluding hydrogens is 419 g/mol. The van der Waals surface area contributed by atoms with Crippen LogP contribution in [0, 0.1) is 5.82 Å². The van der Waals surface area contributed by atoms with Crippen molar-refractivity contribution in [2.75, 3.05) is 23.4 Å². The summed E-state index contributed by atoms with van der Waals surface area (Å²) >= 11 is 0. The second kappa shape index (κ2) is 8.50. The molecule has 166 valence electrons. The van der Waals surface area contributed by atoms with E-state index in [0.717, 1.165) is 16.7 Å². The lowest BCUT2D eigenvalue weighted by molar-refractivity contribution is -0.119. The summed E-state index contributed by atoms with van der Waals surface area (Å²) in [5.74, 6) is -0.0688. The van der Waals surface area contributed by atoms with E-state index in [1.807, 2.05) is 59.2 Å². The van der Waals surface area contributed by atoms with Crippen molar-refractivity contribution in [1.82, 2.24) is 9.55 Å². The largest absolute Gasteiger partial charge is 0.318 e. The minimum atomic E-state index is -0.384. The fourth-order valence-electron chi connectivity index (χ4n) is 4.38. The molecule has 1 aliphatic heterocycles. The molecule has 1 fully saturated rings. The maximum atomic E-state index is 13.7. The summed E-state index contributed by atoms with van der Waals surface area (Å²) in [5, 5.41) is 0. The molecule has 2 heterocycles. The zero-order chi connectivity index (χ0) is 22.9. The number of fused-ring (bicyclic) bond motifs is 1. The van der Waals surface area contributed by atoms with E-state index in [9.17, 15) is 14.0 Å². The molecule has 0 saturated carbocycles. The first kappa shape index (κ1) is 20.9. The van der Waals surface area contributed by atoms with Gasteiger partial charge in [0, 0.05) is 37.3 Å². The second-order valence-electron chi connectivity index (χ2n) is 8.22. The molecule has 0 aliphatic carbocycles. The maximum absolute atomic E-state index is 13.7. The normalized spacial score (nSPS) is 15.9. The van der Waals surface area contributed by atoms with Crippen molar-refractivity contribution in [1.29, 1.82) is 0 Å². The number of likely N-dealkylation sites (N-methyl/N-ethyl adjacent to an activating group) is 1. The Morgan fingerprint density at radius 3 is 2.61 bits per heavy atom. The molecular formula is C26H23FN4O2. The Balaban J connectivity index is 1.47. The molecule has 1 aliphatic rings. The lowest BCUT2D eigenvalue weighted by Gasteiger charge is -2.20. The first-order chi connectivity index (χ1) is 16.0. The number of carbonyl (C=O) groups is 2. The second-order valence-corrected chi connectivity index (χ2v) is 8.22. The summed E-state index contributed by atoms with van der Waals surface area (Å²) in [7, 11) is 1.75. The minimum Gasteiger partial charge on any atom is -0.318 e. The molecule has 6 nitrogen and oxygen atoms in total. The van der Waals surface area contributed by atoms with Crippen LogP contribution in [0.4, 0.5) is 15.8 Å². The monoisotopic (exact) mass is 442 g/mol. The van der Waals surface area contributed by atoms with Crippen molar-refractivity contribution in [2.45, 2.75) is 18.9 Å². The summed E-state index contributed by atoms with van der Waals surface area (Å²) in [6.07, 6.45) is 0.253. The van der Waals surface area contributed by atoms with Crippen LogP contribution in [0.25, 0.3) is 11.0 Å². The quantitative estimate of drug-likeness (QED) is 0.462. The highest BCUT2D eigenvalue weighted by Crippen LogP contribution is 2.33. The number of benzene rings is 3. The Kier molecular flexibility index (Phi) is 5.38.